The summed E-state index contributed by atoms with van der Waals surface area (Å²) < 4.78 is 40.2. The maximum atomic E-state index is 10.3. The number of ether oxygens (including phenoxy) is 1. The van der Waals surface area contributed by atoms with E-state index in [0.717, 1.165) is 0 Å². The first-order chi connectivity index (χ1) is 6.53. The van der Waals surface area contributed by atoms with Crippen molar-refractivity contribution >= 4 is 10.4 Å². The van der Waals surface area contributed by atoms with Crippen molar-refractivity contribution in [3.8, 4) is 11.5 Å². The summed E-state index contributed by atoms with van der Waals surface area (Å²) in [6.07, 6.45) is 0. The quantitative estimate of drug-likeness (QED) is 0.553. The Morgan fingerprint density at radius 3 is 2.36 bits per heavy atom. The van der Waals surface area contributed by atoms with Crippen molar-refractivity contribution in [3.05, 3.63) is 24.3 Å². The highest BCUT2D eigenvalue weighted by molar-refractivity contribution is 7.81. The van der Waals surface area contributed by atoms with Crippen LogP contribution in [-0.4, -0.2) is 19.6 Å². The van der Waals surface area contributed by atoms with E-state index in [2.05, 4.69) is 4.18 Å². The van der Waals surface area contributed by atoms with Crippen molar-refractivity contribution < 1.29 is 21.9 Å². The largest absolute Gasteiger partial charge is 0.716 e. The van der Waals surface area contributed by atoms with Gasteiger partial charge in [-0.05, 0) is 19.1 Å². The molecule has 0 N–H and O–H groups in total. The van der Waals surface area contributed by atoms with Gasteiger partial charge in [-0.2, -0.15) is 0 Å². The van der Waals surface area contributed by atoms with Gasteiger partial charge in [0.25, 0.3) is 10.4 Å². The lowest BCUT2D eigenvalue weighted by Crippen LogP contribution is -2.08. The third-order valence-electron chi connectivity index (χ3n) is 1.34. The topological polar surface area (TPSA) is 75.7 Å². The van der Waals surface area contributed by atoms with Gasteiger partial charge in [0.2, 0.25) is 0 Å². The van der Waals surface area contributed by atoms with Gasteiger partial charge in [0.15, 0.2) is 11.5 Å². The molecule has 6 heteroatoms. The molecule has 0 aliphatic rings. The summed E-state index contributed by atoms with van der Waals surface area (Å²) in [5.41, 5.74) is 0. The fraction of sp³-hybridized carbons (Fsp3) is 0.250. The molecule has 0 atom stereocenters. The highest BCUT2D eigenvalue weighted by Crippen LogP contribution is 2.27. The Labute approximate surface area is 82.2 Å². The van der Waals surface area contributed by atoms with Crippen LogP contribution in [0.25, 0.3) is 0 Å². The first kappa shape index (κ1) is 10.8. The molecule has 1 rings (SSSR count). The number of hydrogen-bond acceptors (Lipinski definition) is 5. The average Bonchev–Trinajstić information content (AvgIpc) is 2.06. The third kappa shape index (κ3) is 3.23. The van der Waals surface area contributed by atoms with Crippen LogP contribution in [0.3, 0.4) is 0 Å². The van der Waals surface area contributed by atoms with Crippen LogP contribution in [0.2, 0.25) is 0 Å². The minimum atomic E-state index is -4.75. The van der Waals surface area contributed by atoms with E-state index in [4.69, 9.17) is 4.74 Å². The number of hydrogen-bond donors (Lipinski definition) is 0. The van der Waals surface area contributed by atoms with Crippen LogP contribution in [0.1, 0.15) is 6.92 Å². The number of para-hydroxylation sites is 2. The highest BCUT2D eigenvalue weighted by atomic mass is 32.3. The van der Waals surface area contributed by atoms with Gasteiger partial charge >= 0.3 is 0 Å². The number of benzene rings is 1. The van der Waals surface area contributed by atoms with Gasteiger partial charge in [0.05, 0.1) is 6.61 Å². The van der Waals surface area contributed by atoms with Crippen LogP contribution >= 0.6 is 0 Å². The van der Waals surface area contributed by atoms with Gasteiger partial charge in [-0.25, -0.2) is 8.42 Å². The van der Waals surface area contributed by atoms with Gasteiger partial charge < -0.3 is 13.5 Å². The summed E-state index contributed by atoms with van der Waals surface area (Å²) in [4.78, 5) is 0. The van der Waals surface area contributed by atoms with Crippen molar-refractivity contribution in [2.75, 3.05) is 6.61 Å². The Kier molecular flexibility index (Phi) is 3.32. The normalized spacial score (nSPS) is 11.0. The Hall–Kier alpha value is -1.27. The molecule has 5 nitrogen and oxygen atoms in total. The molecule has 0 heterocycles. The molecular weight excluding hydrogens is 208 g/mol. The molecule has 0 aromatic heterocycles. The van der Waals surface area contributed by atoms with E-state index in [1.54, 1.807) is 19.1 Å². The average molecular weight is 217 g/mol. The molecule has 0 saturated heterocycles. The first-order valence-corrected chi connectivity index (χ1v) is 5.23. The minimum absolute atomic E-state index is 0.0932. The van der Waals surface area contributed by atoms with Crippen molar-refractivity contribution in [2.45, 2.75) is 6.92 Å². The van der Waals surface area contributed by atoms with E-state index in [1.165, 1.54) is 12.1 Å². The molecule has 1 aromatic rings. The smallest absolute Gasteiger partial charge is 0.262 e. The summed E-state index contributed by atoms with van der Waals surface area (Å²) in [5, 5.41) is 0. The molecule has 1 aromatic carbocycles. The molecule has 0 saturated carbocycles. The van der Waals surface area contributed by atoms with Gasteiger partial charge in [-0.3, -0.25) is 0 Å². The zero-order chi connectivity index (χ0) is 10.6. The summed E-state index contributed by atoms with van der Waals surface area (Å²) in [7, 11) is -4.75. The Balaban J connectivity index is 2.95. The molecule has 14 heavy (non-hydrogen) atoms. The summed E-state index contributed by atoms with van der Waals surface area (Å²) in [5.74, 6) is 0.138. The van der Waals surface area contributed by atoms with Gasteiger partial charge in [-0.1, -0.05) is 12.1 Å². The van der Waals surface area contributed by atoms with Crippen molar-refractivity contribution in [2.24, 2.45) is 0 Å². The second-order valence-corrected chi connectivity index (χ2v) is 3.35. The van der Waals surface area contributed by atoms with Crippen LogP contribution in [0.4, 0.5) is 0 Å². The van der Waals surface area contributed by atoms with Crippen LogP contribution in [-0.2, 0) is 10.4 Å². The van der Waals surface area contributed by atoms with E-state index >= 15 is 0 Å². The van der Waals surface area contributed by atoms with Crippen LogP contribution in [0, 0.1) is 0 Å². The zero-order valence-corrected chi connectivity index (χ0v) is 8.28. The molecule has 0 fully saturated rings. The highest BCUT2D eigenvalue weighted by Gasteiger charge is 2.06. The molecule has 0 radical (unpaired) electrons. The predicted molar refractivity (Wildman–Crippen MR) is 47.9 cm³/mol. The van der Waals surface area contributed by atoms with E-state index in [9.17, 15) is 13.0 Å². The summed E-state index contributed by atoms with van der Waals surface area (Å²) in [6, 6.07) is 6.06. The lowest BCUT2D eigenvalue weighted by atomic mass is 10.3. The fourth-order valence-electron chi connectivity index (χ4n) is 0.904. The SMILES string of the molecule is CCOc1ccccc1OS(=O)(=O)[O-]. The number of rotatable bonds is 4. The molecule has 78 valence electrons. The molecule has 0 aliphatic heterocycles. The van der Waals surface area contributed by atoms with E-state index in [1.807, 2.05) is 0 Å². The molecule has 0 amide bonds. The van der Waals surface area contributed by atoms with Gasteiger partial charge in [0, 0.05) is 0 Å². The van der Waals surface area contributed by atoms with Crippen LogP contribution < -0.4 is 8.92 Å². The van der Waals surface area contributed by atoms with E-state index in [0.29, 0.717) is 6.61 Å². The van der Waals surface area contributed by atoms with Crippen molar-refractivity contribution in [1.29, 1.82) is 0 Å². The first-order valence-electron chi connectivity index (χ1n) is 3.90. The summed E-state index contributed by atoms with van der Waals surface area (Å²) in [6.45, 7) is 2.10. The molecule has 0 spiro atoms. The Bertz CT molecular complexity index is 398. The van der Waals surface area contributed by atoms with Crippen molar-refractivity contribution in [1.82, 2.24) is 0 Å². The third-order valence-corrected chi connectivity index (χ3v) is 1.72. The Morgan fingerprint density at radius 1 is 1.29 bits per heavy atom. The molecule has 0 bridgehead atoms. The van der Waals surface area contributed by atoms with Crippen LogP contribution in [0.15, 0.2) is 24.3 Å². The minimum Gasteiger partial charge on any atom is -0.716 e. The van der Waals surface area contributed by atoms with Gasteiger partial charge in [-0.15, -0.1) is 0 Å². The monoisotopic (exact) mass is 217 g/mol. The fourth-order valence-corrected chi connectivity index (χ4v) is 1.26. The van der Waals surface area contributed by atoms with E-state index < -0.39 is 10.4 Å². The standard InChI is InChI=1S/C8H10O5S/c1-2-12-7-5-3-4-6-8(7)13-14(9,10)11/h3-6H,2H2,1H3,(H,9,10,11)/p-1. The van der Waals surface area contributed by atoms with Crippen LogP contribution in [0.5, 0.6) is 11.5 Å². The van der Waals surface area contributed by atoms with Gasteiger partial charge in [0.1, 0.15) is 0 Å². The second kappa shape index (κ2) is 4.30. The van der Waals surface area contributed by atoms with E-state index in [-0.39, 0.29) is 11.5 Å². The maximum Gasteiger partial charge on any atom is 0.262 e. The zero-order valence-electron chi connectivity index (χ0n) is 7.47. The predicted octanol–water partition coefficient (Wildman–Crippen LogP) is 0.924. The Morgan fingerprint density at radius 2 is 1.86 bits per heavy atom. The molecular formula is C8H9O5S-. The van der Waals surface area contributed by atoms with Crippen molar-refractivity contribution in [3.63, 3.8) is 0 Å². The summed E-state index contributed by atoms with van der Waals surface area (Å²) >= 11 is 0. The molecule has 0 aliphatic carbocycles. The lowest BCUT2D eigenvalue weighted by Gasteiger charge is -2.12. The molecule has 0 unspecified atom stereocenters. The lowest BCUT2D eigenvalue weighted by molar-refractivity contribution is 0.317. The second-order valence-electron chi connectivity index (χ2n) is 2.37. The maximum absolute atomic E-state index is 10.3.